The predicted octanol–water partition coefficient (Wildman–Crippen LogP) is 2.11. The average Bonchev–Trinajstić information content (AvgIpc) is 2.25. The van der Waals surface area contributed by atoms with Gasteiger partial charge < -0.3 is 10.2 Å². The molecule has 1 atom stereocenters. The lowest BCUT2D eigenvalue weighted by Gasteiger charge is -2.32. The second-order valence-corrected chi connectivity index (χ2v) is 4.47. The van der Waals surface area contributed by atoms with Gasteiger partial charge in [-0.05, 0) is 38.3 Å². The number of piperidine rings is 1. The molecular formula is C12H26N2. The van der Waals surface area contributed by atoms with Crippen LogP contribution in [0, 0.1) is 5.92 Å². The summed E-state index contributed by atoms with van der Waals surface area (Å²) in [6.07, 6.45) is 5.47. The zero-order valence-electron chi connectivity index (χ0n) is 9.89. The maximum absolute atomic E-state index is 3.47. The van der Waals surface area contributed by atoms with Crippen molar-refractivity contribution < 1.29 is 0 Å². The van der Waals surface area contributed by atoms with Crippen molar-refractivity contribution in [2.45, 2.75) is 39.5 Å². The first-order chi connectivity index (χ1) is 6.86. The molecule has 0 spiro atoms. The fraction of sp³-hybridized carbons (Fsp3) is 1.00. The van der Waals surface area contributed by atoms with Gasteiger partial charge >= 0.3 is 0 Å². The van der Waals surface area contributed by atoms with E-state index in [4.69, 9.17) is 0 Å². The molecule has 0 amide bonds. The molecule has 0 aromatic heterocycles. The van der Waals surface area contributed by atoms with Gasteiger partial charge in [0.05, 0.1) is 0 Å². The van der Waals surface area contributed by atoms with E-state index < -0.39 is 0 Å². The van der Waals surface area contributed by atoms with Gasteiger partial charge in [0, 0.05) is 19.6 Å². The van der Waals surface area contributed by atoms with Crippen molar-refractivity contribution in [1.29, 1.82) is 0 Å². The molecule has 0 radical (unpaired) electrons. The van der Waals surface area contributed by atoms with Crippen molar-refractivity contribution >= 4 is 0 Å². The minimum atomic E-state index is 0.968. The van der Waals surface area contributed by atoms with Gasteiger partial charge in [-0.15, -0.1) is 0 Å². The van der Waals surface area contributed by atoms with Crippen LogP contribution in [0.25, 0.3) is 0 Å². The standard InChI is InChI=1S/C12H26N2/c1-3-7-13-8-10-14-9-5-6-12(4-2)11-14/h12-13H,3-11H2,1-2H3. The second-order valence-electron chi connectivity index (χ2n) is 4.47. The summed E-state index contributed by atoms with van der Waals surface area (Å²) in [5.41, 5.74) is 0. The molecule has 1 N–H and O–H groups in total. The van der Waals surface area contributed by atoms with Gasteiger partial charge in [-0.25, -0.2) is 0 Å². The SMILES string of the molecule is CCCNCCN1CCCC(CC)C1. The van der Waals surface area contributed by atoms with Crippen molar-refractivity contribution in [3.8, 4) is 0 Å². The third-order valence-electron chi connectivity index (χ3n) is 3.21. The van der Waals surface area contributed by atoms with E-state index in [0.717, 1.165) is 5.92 Å². The second kappa shape index (κ2) is 7.24. The minimum Gasteiger partial charge on any atom is -0.315 e. The molecule has 0 aliphatic carbocycles. The molecule has 1 fully saturated rings. The number of nitrogens with zero attached hydrogens (tertiary/aromatic N) is 1. The summed E-state index contributed by atoms with van der Waals surface area (Å²) in [5, 5.41) is 3.47. The van der Waals surface area contributed by atoms with Gasteiger partial charge in [-0.1, -0.05) is 20.3 Å². The van der Waals surface area contributed by atoms with Gasteiger partial charge in [0.25, 0.3) is 0 Å². The van der Waals surface area contributed by atoms with Crippen molar-refractivity contribution in [2.75, 3.05) is 32.7 Å². The van der Waals surface area contributed by atoms with E-state index in [1.54, 1.807) is 0 Å². The molecule has 1 rings (SSSR count). The van der Waals surface area contributed by atoms with E-state index in [0.29, 0.717) is 0 Å². The summed E-state index contributed by atoms with van der Waals surface area (Å²) in [6, 6.07) is 0. The largest absolute Gasteiger partial charge is 0.315 e. The first kappa shape index (κ1) is 12.0. The van der Waals surface area contributed by atoms with E-state index in [1.807, 2.05) is 0 Å². The lowest BCUT2D eigenvalue weighted by molar-refractivity contribution is 0.172. The molecule has 1 aliphatic heterocycles. The maximum Gasteiger partial charge on any atom is 0.0107 e. The normalized spacial score (nSPS) is 24.0. The van der Waals surface area contributed by atoms with Gasteiger partial charge in [-0.3, -0.25) is 0 Å². The summed E-state index contributed by atoms with van der Waals surface area (Å²) in [7, 11) is 0. The van der Waals surface area contributed by atoms with Gasteiger partial charge in [0.15, 0.2) is 0 Å². The first-order valence-electron chi connectivity index (χ1n) is 6.29. The van der Waals surface area contributed by atoms with E-state index in [1.165, 1.54) is 58.4 Å². The zero-order valence-corrected chi connectivity index (χ0v) is 9.89. The molecule has 1 aliphatic rings. The quantitative estimate of drug-likeness (QED) is 0.658. The smallest absolute Gasteiger partial charge is 0.0107 e. The first-order valence-corrected chi connectivity index (χ1v) is 6.29. The Balaban J connectivity index is 2.05. The summed E-state index contributed by atoms with van der Waals surface area (Å²) >= 11 is 0. The van der Waals surface area contributed by atoms with Gasteiger partial charge in [-0.2, -0.15) is 0 Å². The van der Waals surface area contributed by atoms with E-state index in [9.17, 15) is 0 Å². The molecular weight excluding hydrogens is 172 g/mol. The van der Waals surface area contributed by atoms with Crippen LogP contribution in [0.3, 0.4) is 0 Å². The molecule has 14 heavy (non-hydrogen) atoms. The van der Waals surface area contributed by atoms with Crippen LogP contribution in [0.1, 0.15) is 39.5 Å². The van der Waals surface area contributed by atoms with Crippen LogP contribution < -0.4 is 5.32 Å². The number of likely N-dealkylation sites (tertiary alicyclic amines) is 1. The highest BCUT2D eigenvalue weighted by molar-refractivity contribution is 4.72. The average molecular weight is 198 g/mol. The van der Waals surface area contributed by atoms with Crippen LogP contribution in [-0.4, -0.2) is 37.6 Å². The van der Waals surface area contributed by atoms with Crippen LogP contribution in [0.2, 0.25) is 0 Å². The zero-order chi connectivity index (χ0) is 10.2. The van der Waals surface area contributed by atoms with Crippen LogP contribution in [0.5, 0.6) is 0 Å². The van der Waals surface area contributed by atoms with Crippen molar-refractivity contribution in [3.63, 3.8) is 0 Å². The highest BCUT2D eigenvalue weighted by Gasteiger charge is 2.17. The van der Waals surface area contributed by atoms with Gasteiger partial charge in [0.1, 0.15) is 0 Å². The molecule has 0 aromatic rings. The molecule has 1 unspecified atom stereocenters. The number of rotatable bonds is 6. The molecule has 1 heterocycles. The lowest BCUT2D eigenvalue weighted by Crippen LogP contribution is -2.39. The Hall–Kier alpha value is -0.0800. The fourth-order valence-electron chi connectivity index (χ4n) is 2.23. The third-order valence-corrected chi connectivity index (χ3v) is 3.21. The monoisotopic (exact) mass is 198 g/mol. The Morgan fingerprint density at radius 1 is 1.29 bits per heavy atom. The van der Waals surface area contributed by atoms with Crippen LogP contribution in [0.4, 0.5) is 0 Å². The summed E-state index contributed by atoms with van der Waals surface area (Å²) in [6.45, 7) is 10.8. The van der Waals surface area contributed by atoms with Crippen LogP contribution >= 0.6 is 0 Å². The van der Waals surface area contributed by atoms with Crippen LogP contribution in [-0.2, 0) is 0 Å². The summed E-state index contributed by atoms with van der Waals surface area (Å²) in [4.78, 5) is 2.63. The number of hydrogen-bond acceptors (Lipinski definition) is 2. The Kier molecular flexibility index (Phi) is 6.20. The van der Waals surface area contributed by atoms with E-state index in [2.05, 4.69) is 24.1 Å². The molecule has 2 nitrogen and oxygen atoms in total. The maximum atomic E-state index is 3.47. The lowest BCUT2D eigenvalue weighted by atomic mass is 9.96. The Morgan fingerprint density at radius 2 is 2.14 bits per heavy atom. The molecule has 0 saturated carbocycles. The van der Waals surface area contributed by atoms with Gasteiger partial charge in [0.2, 0.25) is 0 Å². The molecule has 1 saturated heterocycles. The highest BCUT2D eigenvalue weighted by Crippen LogP contribution is 2.18. The fourth-order valence-corrected chi connectivity index (χ4v) is 2.23. The highest BCUT2D eigenvalue weighted by atomic mass is 15.1. The minimum absolute atomic E-state index is 0.968. The van der Waals surface area contributed by atoms with E-state index in [-0.39, 0.29) is 0 Å². The summed E-state index contributed by atoms with van der Waals surface area (Å²) < 4.78 is 0. The Morgan fingerprint density at radius 3 is 2.86 bits per heavy atom. The van der Waals surface area contributed by atoms with Crippen LogP contribution in [0.15, 0.2) is 0 Å². The van der Waals surface area contributed by atoms with Crippen molar-refractivity contribution in [1.82, 2.24) is 10.2 Å². The van der Waals surface area contributed by atoms with Crippen molar-refractivity contribution in [2.24, 2.45) is 5.92 Å². The molecule has 0 bridgehead atoms. The molecule has 0 aromatic carbocycles. The third kappa shape index (κ3) is 4.43. The Labute approximate surface area is 89.1 Å². The topological polar surface area (TPSA) is 15.3 Å². The summed E-state index contributed by atoms with van der Waals surface area (Å²) in [5.74, 6) is 0.968. The van der Waals surface area contributed by atoms with Crippen molar-refractivity contribution in [3.05, 3.63) is 0 Å². The predicted molar refractivity (Wildman–Crippen MR) is 62.6 cm³/mol. The Bertz CT molecular complexity index is 136. The number of nitrogens with one attached hydrogen (secondary N) is 1. The van der Waals surface area contributed by atoms with E-state index >= 15 is 0 Å². The molecule has 84 valence electrons. The molecule has 2 heteroatoms. The number of hydrogen-bond donors (Lipinski definition) is 1.